The third-order valence-electron chi connectivity index (χ3n) is 3.17. The van der Waals surface area contributed by atoms with Gasteiger partial charge in [0.05, 0.1) is 22.8 Å². The number of nitrogens with zero attached hydrogens (tertiary/aromatic N) is 2. The molecule has 1 aromatic rings. The van der Waals surface area contributed by atoms with Crippen LogP contribution in [0.4, 0.5) is 0 Å². The van der Waals surface area contributed by atoms with Crippen molar-refractivity contribution in [3.05, 3.63) is 22.6 Å². The highest BCUT2D eigenvalue weighted by Gasteiger charge is 2.40. The molecule has 1 saturated heterocycles. The number of thioether (sulfide) groups is 1. The second kappa shape index (κ2) is 5.21. The Balaban J connectivity index is 2.41. The summed E-state index contributed by atoms with van der Waals surface area (Å²) in [4.78, 5) is 25.8. The number of hydrogen-bond acceptors (Lipinski definition) is 6. The molecule has 0 amide bonds. The van der Waals surface area contributed by atoms with Crippen LogP contribution < -0.4 is 5.56 Å². The zero-order valence-electron chi connectivity index (χ0n) is 10.8. The average Bonchev–Trinajstić information content (AvgIpc) is 2.62. The smallest absolute Gasteiger partial charge is 0.313 e. The summed E-state index contributed by atoms with van der Waals surface area (Å²) in [6.45, 7) is 1.77. The number of carboxylic acids is 1. The normalized spacial score (nSPS) is 24.6. The maximum atomic E-state index is 11.7. The van der Waals surface area contributed by atoms with Crippen LogP contribution in [-0.4, -0.2) is 46.3 Å². The first-order valence-corrected chi connectivity index (χ1v) is 8.68. The topological polar surface area (TPSA) is 106 Å². The molecule has 1 aromatic heterocycles. The Morgan fingerprint density at radius 3 is 2.85 bits per heavy atom. The molecule has 1 atom stereocenters. The molecule has 1 N–H and O–H groups in total. The predicted molar refractivity (Wildman–Crippen MR) is 73.8 cm³/mol. The summed E-state index contributed by atoms with van der Waals surface area (Å²) >= 11 is 0.912. The Morgan fingerprint density at radius 1 is 1.60 bits per heavy atom. The second-order valence-electron chi connectivity index (χ2n) is 4.94. The Labute approximate surface area is 119 Å². The summed E-state index contributed by atoms with van der Waals surface area (Å²) in [7, 11) is -3.11. The van der Waals surface area contributed by atoms with E-state index in [1.807, 2.05) is 0 Å². The summed E-state index contributed by atoms with van der Waals surface area (Å²) in [6, 6.07) is 1.25. The van der Waals surface area contributed by atoms with Gasteiger partial charge in [-0.3, -0.25) is 9.59 Å². The molecule has 0 radical (unpaired) electrons. The molecule has 1 aliphatic rings. The van der Waals surface area contributed by atoms with Gasteiger partial charge in [-0.05, 0) is 13.3 Å². The molecule has 110 valence electrons. The van der Waals surface area contributed by atoms with E-state index in [4.69, 9.17) is 5.11 Å². The lowest BCUT2D eigenvalue weighted by molar-refractivity contribution is -0.133. The molecule has 0 bridgehead atoms. The van der Waals surface area contributed by atoms with Gasteiger partial charge in [-0.25, -0.2) is 8.42 Å². The van der Waals surface area contributed by atoms with E-state index in [0.717, 1.165) is 11.8 Å². The van der Waals surface area contributed by atoms with Gasteiger partial charge in [0.25, 0.3) is 5.56 Å². The quantitative estimate of drug-likeness (QED) is 0.613. The maximum absolute atomic E-state index is 11.7. The van der Waals surface area contributed by atoms with Gasteiger partial charge >= 0.3 is 5.97 Å². The van der Waals surface area contributed by atoms with Crippen molar-refractivity contribution in [1.29, 1.82) is 0 Å². The van der Waals surface area contributed by atoms with Gasteiger partial charge in [-0.2, -0.15) is 4.98 Å². The molecule has 9 heteroatoms. The van der Waals surface area contributed by atoms with E-state index in [2.05, 4.69) is 4.98 Å². The third kappa shape index (κ3) is 3.21. The van der Waals surface area contributed by atoms with Gasteiger partial charge < -0.3 is 9.67 Å². The van der Waals surface area contributed by atoms with Crippen LogP contribution in [0.1, 0.15) is 13.3 Å². The summed E-state index contributed by atoms with van der Waals surface area (Å²) in [5.74, 6) is -1.22. The molecule has 0 saturated carbocycles. The highest BCUT2D eigenvalue weighted by Crippen LogP contribution is 2.33. The predicted octanol–water partition coefficient (Wildman–Crippen LogP) is -0.0463. The zero-order chi connectivity index (χ0) is 15.0. The van der Waals surface area contributed by atoms with Crippen molar-refractivity contribution in [2.24, 2.45) is 0 Å². The first kappa shape index (κ1) is 15.0. The van der Waals surface area contributed by atoms with Crippen LogP contribution in [0.3, 0.4) is 0 Å². The molecule has 0 aliphatic carbocycles. The monoisotopic (exact) mass is 318 g/mol. The summed E-state index contributed by atoms with van der Waals surface area (Å²) in [6.07, 6.45) is 1.90. The Morgan fingerprint density at radius 2 is 2.30 bits per heavy atom. The number of carboxylic acid groups (broad SMARTS) is 1. The largest absolute Gasteiger partial charge is 0.481 e. The van der Waals surface area contributed by atoms with Crippen LogP contribution >= 0.6 is 11.8 Å². The third-order valence-corrected chi connectivity index (χ3v) is 5.99. The molecular formula is C11H14N2O5S2. The van der Waals surface area contributed by atoms with Crippen molar-refractivity contribution in [2.45, 2.75) is 24.0 Å². The molecule has 2 heterocycles. The van der Waals surface area contributed by atoms with Crippen molar-refractivity contribution in [3.8, 4) is 0 Å². The van der Waals surface area contributed by atoms with Gasteiger partial charge in [-0.15, -0.1) is 0 Å². The fourth-order valence-corrected chi connectivity index (χ4v) is 5.16. The van der Waals surface area contributed by atoms with Crippen LogP contribution in [0.2, 0.25) is 0 Å². The molecule has 1 unspecified atom stereocenters. The highest BCUT2D eigenvalue weighted by molar-refractivity contribution is 7.99. The van der Waals surface area contributed by atoms with E-state index >= 15 is 0 Å². The lowest BCUT2D eigenvalue weighted by Gasteiger charge is -2.28. The van der Waals surface area contributed by atoms with Crippen LogP contribution in [-0.2, 0) is 20.2 Å². The molecule has 2 rings (SSSR count). The van der Waals surface area contributed by atoms with E-state index in [9.17, 15) is 18.0 Å². The molecule has 1 fully saturated rings. The van der Waals surface area contributed by atoms with Crippen molar-refractivity contribution in [2.75, 3.05) is 17.3 Å². The van der Waals surface area contributed by atoms with Crippen LogP contribution in [0.5, 0.6) is 0 Å². The van der Waals surface area contributed by atoms with Gasteiger partial charge in [-0.1, -0.05) is 11.8 Å². The standard InChI is InChI=1S/C11H14N2O5S2/c1-11(3-5-20(17,18)7-11)13-4-2-8(14)12-10(13)19-6-9(15)16/h2,4H,3,5-7H2,1H3,(H,15,16). The highest BCUT2D eigenvalue weighted by atomic mass is 32.2. The first-order chi connectivity index (χ1) is 9.22. The minimum atomic E-state index is -3.11. The zero-order valence-corrected chi connectivity index (χ0v) is 12.4. The van der Waals surface area contributed by atoms with Crippen molar-refractivity contribution in [3.63, 3.8) is 0 Å². The second-order valence-corrected chi connectivity index (χ2v) is 8.07. The van der Waals surface area contributed by atoms with Crippen LogP contribution in [0.25, 0.3) is 0 Å². The Kier molecular flexibility index (Phi) is 3.92. The van der Waals surface area contributed by atoms with Crippen molar-refractivity contribution in [1.82, 2.24) is 9.55 Å². The Bertz CT molecular complexity index is 697. The minimum absolute atomic E-state index is 0.0365. The van der Waals surface area contributed by atoms with E-state index in [1.54, 1.807) is 11.5 Å². The summed E-state index contributed by atoms with van der Waals surface area (Å²) in [5.41, 5.74) is -1.17. The lowest BCUT2D eigenvalue weighted by atomic mass is 10.0. The van der Waals surface area contributed by atoms with Crippen molar-refractivity contribution >= 4 is 27.6 Å². The summed E-state index contributed by atoms with van der Waals surface area (Å²) in [5, 5.41) is 8.95. The maximum Gasteiger partial charge on any atom is 0.313 e. The van der Waals surface area contributed by atoms with Crippen LogP contribution in [0.15, 0.2) is 22.2 Å². The number of rotatable bonds is 4. The number of sulfone groups is 1. The van der Waals surface area contributed by atoms with Crippen LogP contribution in [0, 0.1) is 0 Å². The van der Waals surface area contributed by atoms with E-state index in [-0.39, 0.29) is 22.4 Å². The number of aliphatic carboxylic acids is 1. The Hall–Kier alpha value is -1.35. The van der Waals surface area contributed by atoms with E-state index in [1.165, 1.54) is 12.3 Å². The first-order valence-electron chi connectivity index (χ1n) is 5.87. The van der Waals surface area contributed by atoms with Gasteiger partial charge in [0.2, 0.25) is 0 Å². The molecule has 1 aliphatic heterocycles. The number of hydrogen-bond donors (Lipinski definition) is 1. The molecule has 7 nitrogen and oxygen atoms in total. The minimum Gasteiger partial charge on any atom is -0.481 e. The van der Waals surface area contributed by atoms with E-state index in [0.29, 0.717) is 6.42 Å². The van der Waals surface area contributed by atoms with Gasteiger partial charge in [0.15, 0.2) is 15.0 Å². The molecule has 0 spiro atoms. The molecular weight excluding hydrogens is 304 g/mol. The van der Waals surface area contributed by atoms with Gasteiger partial charge in [0, 0.05) is 12.3 Å². The van der Waals surface area contributed by atoms with Gasteiger partial charge in [0.1, 0.15) is 0 Å². The molecule has 20 heavy (non-hydrogen) atoms. The van der Waals surface area contributed by atoms with E-state index < -0.39 is 26.9 Å². The fraction of sp³-hybridized carbons (Fsp3) is 0.545. The van der Waals surface area contributed by atoms with Crippen molar-refractivity contribution < 1.29 is 18.3 Å². The summed E-state index contributed by atoms with van der Waals surface area (Å²) < 4.78 is 24.9. The average molecular weight is 318 g/mol. The molecule has 0 aromatic carbocycles. The fourth-order valence-electron chi connectivity index (χ4n) is 2.21. The number of carbonyl (C=O) groups is 1. The number of aromatic nitrogens is 2. The SMILES string of the molecule is CC1(n2ccc(=O)nc2SCC(=O)O)CCS(=O)(=O)C1. The lowest BCUT2D eigenvalue weighted by Crippen LogP contribution is -2.34.